The van der Waals surface area contributed by atoms with Gasteiger partial charge in [-0.25, -0.2) is 9.97 Å². The summed E-state index contributed by atoms with van der Waals surface area (Å²) in [5.74, 6) is 1.71. The maximum absolute atomic E-state index is 10.0. The quantitative estimate of drug-likeness (QED) is 0.276. The van der Waals surface area contributed by atoms with E-state index in [-0.39, 0.29) is 26.8 Å². The van der Waals surface area contributed by atoms with Crippen molar-refractivity contribution in [3.63, 3.8) is 0 Å². The fourth-order valence-electron chi connectivity index (χ4n) is 3.84. The topological polar surface area (TPSA) is 73.1 Å². The molecule has 6 aromatic rings. The van der Waals surface area contributed by atoms with Crippen molar-refractivity contribution >= 4 is 32.7 Å². The van der Waals surface area contributed by atoms with Crippen LogP contribution in [-0.4, -0.2) is 24.6 Å². The van der Waals surface area contributed by atoms with E-state index >= 15 is 0 Å². The van der Waals surface area contributed by atoms with E-state index in [2.05, 4.69) is 37.7 Å². The second kappa shape index (κ2) is 8.06. The van der Waals surface area contributed by atoms with Gasteiger partial charge in [0, 0.05) is 56.2 Å². The summed E-state index contributed by atoms with van der Waals surface area (Å²) < 4.78 is 8.08. The minimum absolute atomic E-state index is 0. The average Bonchev–Trinajstić information content (AvgIpc) is 3.14. The van der Waals surface area contributed by atoms with Gasteiger partial charge >= 0.3 is 0 Å². The van der Waals surface area contributed by atoms with Gasteiger partial charge in [0.05, 0.1) is 6.20 Å². The number of hydrogen-bond acceptors (Lipinski definition) is 5. The molecule has 0 aliphatic heterocycles. The Morgan fingerprint density at radius 1 is 0.875 bits per heavy atom. The molecule has 4 aromatic heterocycles. The fourth-order valence-corrected chi connectivity index (χ4v) is 3.84. The van der Waals surface area contributed by atoms with Crippen molar-refractivity contribution in [1.82, 2.24) is 19.5 Å². The summed E-state index contributed by atoms with van der Waals surface area (Å²) in [6, 6.07) is 24.8. The Labute approximate surface area is 197 Å². The molecule has 1 N–H and O–H groups in total. The predicted octanol–water partition coefficient (Wildman–Crippen LogP) is 5.42. The zero-order valence-corrected chi connectivity index (χ0v) is 18.8. The minimum Gasteiger partial charge on any atom is -0.504 e. The van der Waals surface area contributed by atoms with Crippen LogP contribution in [0.4, 0.5) is 0 Å². The molecule has 0 fully saturated rings. The summed E-state index contributed by atoms with van der Waals surface area (Å²) in [5, 5.41) is 13.0. The van der Waals surface area contributed by atoms with Crippen LogP contribution in [-0.2, 0) is 21.1 Å². The van der Waals surface area contributed by atoms with E-state index in [0.717, 1.165) is 33.0 Å². The first-order chi connectivity index (χ1) is 15.3. The Balaban J connectivity index is 0.00000216. The van der Waals surface area contributed by atoms with Crippen LogP contribution in [0.15, 0.2) is 85.3 Å². The molecule has 0 unspecified atom stereocenters. The third-order valence-electron chi connectivity index (χ3n) is 5.20. The number of aromatic nitrogens is 4. The Kier molecular flexibility index (Phi) is 5.08. The summed E-state index contributed by atoms with van der Waals surface area (Å²) in [6.45, 7) is 0. The molecule has 32 heavy (non-hydrogen) atoms. The molecule has 0 aliphatic rings. The minimum atomic E-state index is 0. The molecule has 0 saturated carbocycles. The molecule has 7 heteroatoms. The van der Waals surface area contributed by atoms with Gasteiger partial charge in [0.2, 0.25) is 5.88 Å². The summed E-state index contributed by atoms with van der Waals surface area (Å²) in [4.78, 5) is 12.9. The number of pyridine rings is 3. The first kappa shape index (κ1) is 20.2. The second-order valence-corrected chi connectivity index (χ2v) is 7.11. The Morgan fingerprint density at radius 3 is 2.62 bits per heavy atom. The van der Waals surface area contributed by atoms with Gasteiger partial charge in [-0.1, -0.05) is 29.8 Å². The Bertz CT molecular complexity index is 1580. The molecule has 6 rings (SSSR count). The van der Waals surface area contributed by atoms with Gasteiger partial charge in [-0.05, 0) is 29.7 Å². The number of aromatic hydroxyl groups is 1. The number of nitrogens with zero attached hydrogens (tertiary/aromatic N) is 4. The van der Waals surface area contributed by atoms with E-state index < -0.39 is 0 Å². The maximum Gasteiger partial charge on any atom is 0.217 e. The van der Waals surface area contributed by atoms with Crippen LogP contribution in [0.2, 0.25) is 0 Å². The van der Waals surface area contributed by atoms with Gasteiger partial charge in [0.1, 0.15) is 11.3 Å². The first-order valence-corrected chi connectivity index (χ1v) is 9.76. The van der Waals surface area contributed by atoms with Crippen LogP contribution in [0.3, 0.4) is 0 Å². The van der Waals surface area contributed by atoms with E-state index in [1.165, 1.54) is 6.20 Å². The normalized spacial score (nSPS) is 11.0. The smallest absolute Gasteiger partial charge is 0.217 e. The maximum atomic E-state index is 10.0. The van der Waals surface area contributed by atoms with E-state index in [0.29, 0.717) is 17.1 Å². The van der Waals surface area contributed by atoms with E-state index in [9.17, 15) is 5.11 Å². The molecule has 4 heterocycles. The molecular formula is C25H15N4O2Pt-. The number of benzene rings is 2. The van der Waals surface area contributed by atoms with Crippen molar-refractivity contribution in [3.8, 4) is 23.2 Å². The number of para-hydroxylation sites is 1. The molecule has 158 valence electrons. The van der Waals surface area contributed by atoms with Gasteiger partial charge in [0.15, 0.2) is 5.75 Å². The molecule has 0 amide bonds. The fraction of sp³-hybridized carbons (Fsp3) is 0. The predicted molar refractivity (Wildman–Crippen MR) is 119 cm³/mol. The second-order valence-electron chi connectivity index (χ2n) is 7.11. The van der Waals surface area contributed by atoms with Crippen molar-refractivity contribution in [2.45, 2.75) is 0 Å². The summed E-state index contributed by atoms with van der Waals surface area (Å²) >= 11 is 0. The van der Waals surface area contributed by atoms with Crippen molar-refractivity contribution in [1.29, 1.82) is 0 Å². The molecule has 0 radical (unpaired) electrons. The van der Waals surface area contributed by atoms with E-state index in [1.54, 1.807) is 18.5 Å². The zero-order chi connectivity index (χ0) is 20.8. The van der Waals surface area contributed by atoms with Gasteiger partial charge in [0.25, 0.3) is 0 Å². The van der Waals surface area contributed by atoms with Crippen LogP contribution in [0.5, 0.6) is 17.4 Å². The van der Waals surface area contributed by atoms with Crippen LogP contribution >= 0.6 is 0 Å². The van der Waals surface area contributed by atoms with Crippen molar-refractivity contribution in [3.05, 3.63) is 91.4 Å². The molecule has 0 bridgehead atoms. The molecular weight excluding hydrogens is 583 g/mol. The van der Waals surface area contributed by atoms with Gasteiger partial charge in [-0.2, -0.15) is 6.07 Å². The van der Waals surface area contributed by atoms with Crippen LogP contribution in [0.25, 0.3) is 38.5 Å². The molecule has 6 nitrogen and oxygen atoms in total. The molecule has 2 aromatic carbocycles. The van der Waals surface area contributed by atoms with Crippen molar-refractivity contribution < 1.29 is 30.9 Å². The van der Waals surface area contributed by atoms with Gasteiger partial charge in [-0.15, -0.1) is 17.5 Å². The standard InChI is InChI=1S/C25H15N4O2.Pt/c30-22-15-26-14-16-8-11-24(28-25(16)22)31-17-9-10-19-18-5-1-2-6-20(18)29(21(19)13-17)23-7-3-4-12-27-23;/h1-12,14-15,30H;/q-1;. The van der Waals surface area contributed by atoms with Crippen LogP contribution in [0, 0.1) is 6.07 Å². The number of rotatable bonds is 3. The number of ether oxygens (including phenoxy) is 1. The van der Waals surface area contributed by atoms with Gasteiger partial charge < -0.3 is 14.4 Å². The summed E-state index contributed by atoms with van der Waals surface area (Å²) in [7, 11) is 0. The monoisotopic (exact) mass is 598 g/mol. The van der Waals surface area contributed by atoms with Gasteiger partial charge in [-0.3, -0.25) is 4.98 Å². The number of hydrogen-bond donors (Lipinski definition) is 1. The largest absolute Gasteiger partial charge is 0.504 e. The Hall–Kier alpha value is -3.76. The Morgan fingerprint density at radius 2 is 1.75 bits per heavy atom. The first-order valence-electron chi connectivity index (χ1n) is 9.76. The number of fused-ring (bicyclic) bond motifs is 4. The zero-order valence-electron chi connectivity index (χ0n) is 16.5. The summed E-state index contributed by atoms with van der Waals surface area (Å²) in [5.41, 5.74) is 2.35. The molecule has 0 spiro atoms. The van der Waals surface area contributed by atoms with E-state index in [1.807, 2.05) is 48.5 Å². The van der Waals surface area contributed by atoms with Crippen molar-refractivity contribution in [2.24, 2.45) is 0 Å². The molecule has 0 aliphatic carbocycles. The average molecular weight is 598 g/mol. The summed E-state index contributed by atoms with van der Waals surface area (Å²) in [6.07, 6.45) is 4.79. The van der Waals surface area contributed by atoms with Crippen LogP contribution in [0.1, 0.15) is 0 Å². The third kappa shape index (κ3) is 3.29. The molecule has 0 atom stereocenters. The third-order valence-corrected chi connectivity index (χ3v) is 5.20. The van der Waals surface area contributed by atoms with E-state index in [4.69, 9.17) is 4.74 Å². The van der Waals surface area contributed by atoms with Crippen molar-refractivity contribution in [2.75, 3.05) is 0 Å². The van der Waals surface area contributed by atoms with Crippen LogP contribution < -0.4 is 4.74 Å². The molecule has 0 saturated heterocycles. The SMILES string of the molecule is Oc1cncc2ccc(Oc3[c-]c4c(cc3)c3ccccc3n4-c3ccccn3)nc12.[Pt].